The number of methoxy groups -OCH3 is 1. The number of esters is 1. The maximum absolute atomic E-state index is 12.7. The van der Waals surface area contributed by atoms with E-state index in [1.54, 1.807) is 4.90 Å². The number of carbonyl (C=O) groups excluding carboxylic acids is 2. The molecule has 1 atom stereocenters. The number of nitrogens with zero attached hydrogens (tertiary/aromatic N) is 2. The van der Waals surface area contributed by atoms with E-state index >= 15 is 0 Å². The van der Waals surface area contributed by atoms with Crippen molar-refractivity contribution in [2.75, 3.05) is 12.0 Å². The summed E-state index contributed by atoms with van der Waals surface area (Å²) in [5.74, 6) is -0.729. The summed E-state index contributed by atoms with van der Waals surface area (Å²) in [6.45, 7) is 1.86. The van der Waals surface area contributed by atoms with Crippen LogP contribution in [0.5, 0.6) is 0 Å². The SMILES string of the molecule is COC(=O)c1ccc(=O)n(CC(=O)N2c3ccccc3CC2C)c1. The minimum atomic E-state index is -0.545. The monoisotopic (exact) mass is 326 g/mol. The first kappa shape index (κ1) is 16.0. The molecule has 0 aliphatic carbocycles. The number of hydrogen-bond acceptors (Lipinski definition) is 4. The number of ether oxygens (including phenoxy) is 1. The van der Waals surface area contributed by atoms with E-state index in [0.29, 0.717) is 0 Å². The van der Waals surface area contributed by atoms with Crippen molar-refractivity contribution in [2.24, 2.45) is 0 Å². The van der Waals surface area contributed by atoms with Crippen LogP contribution in [-0.4, -0.2) is 29.6 Å². The molecular weight excluding hydrogens is 308 g/mol. The van der Waals surface area contributed by atoms with Gasteiger partial charge < -0.3 is 14.2 Å². The number of para-hydroxylation sites is 1. The first-order valence-corrected chi connectivity index (χ1v) is 7.70. The zero-order valence-electron chi connectivity index (χ0n) is 13.6. The molecule has 6 nitrogen and oxygen atoms in total. The molecule has 0 N–H and O–H groups in total. The maximum Gasteiger partial charge on any atom is 0.339 e. The fourth-order valence-electron chi connectivity index (χ4n) is 3.06. The molecule has 0 spiro atoms. The molecule has 1 aliphatic rings. The van der Waals surface area contributed by atoms with Gasteiger partial charge in [-0.25, -0.2) is 4.79 Å². The third-order valence-corrected chi connectivity index (χ3v) is 4.19. The van der Waals surface area contributed by atoms with E-state index in [1.165, 1.54) is 30.0 Å². The molecular formula is C18H18N2O4. The molecule has 0 saturated carbocycles. The Hall–Kier alpha value is -2.89. The van der Waals surface area contributed by atoms with E-state index in [1.807, 2.05) is 31.2 Å². The predicted molar refractivity (Wildman–Crippen MR) is 89.1 cm³/mol. The standard InChI is InChI=1S/C18H18N2O4/c1-12-9-13-5-3-4-6-15(13)20(12)17(22)11-19-10-14(18(23)24-2)7-8-16(19)21/h3-8,10,12H,9,11H2,1-2H3. The zero-order chi connectivity index (χ0) is 17.3. The van der Waals surface area contributed by atoms with Gasteiger partial charge in [-0.15, -0.1) is 0 Å². The Morgan fingerprint density at radius 1 is 1.21 bits per heavy atom. The van der Waals surface area contributed by atoms with Gasteiger partial charge in [0.25, 0.3) is 5.56 Å². The Kier molecular flexibility index (Phi) is 4.20. The molecule has 2 heterocycles. The topological polar surface area (TPSA) is 68.6 Å². The second-order valence-corrected chi connectivity index (χ2v) is 5.82. The van der Waals surface area contributed by atoms with Crippen molar-refractivity contribution in [3.05, 3.63) is 64.1 Å². The van der Waals surface area contributed by atoms with Crippen molar-refractivity contribution in [2.45, 2.75) is 25.9 Å². The molecule has 3 rings (SSSR count). The zero-order valence-corrected chi connectivity index (χ0v) is 13.6. The number of aromatic nitrogens is 1. The molecule has 1 amide bonds. The first-order chi connectivity index (χ1) is 11.5. The van der Waals surface area contributed by atoms with Crippen molar-refractivity contribution in [3.8, 4) is 0 Å². The third-order valence-electron chi connectivity index (χ3n) is 4.19. The van der Waals surface area contributed by atoms with Crippen LogP contribution in [0, 0.1) is 0 Å². The van der Waals surface area contributed by atoms with E-state index < -0.39 is 5.97 Å². The molecule has 6 heteroatoms. The van der Waals surface area contributed by atoms with Crippen LogP contribution in [0.3, 0.4) is 0 Å². The Labute approximate surface area is 139 Å². The van der Waals surface area contributed by atoms with Crippen molar-refractivity contribution < 1.29 is 14.3 Å². The summed E-state index contributed by atoms with van der Waals surface area (Å²) < 4.78 is 5.89. The van der Waals surface area contributed by atoms with Crippen molar-refractivity contribution in [1.29, 1.82) is 0 Å². The minimum Gasteiger partial charge on any atom is -0.465 e. The molecule has 1 aliphatic heterocycles. The normalized spacial score (nSPS) is 15.9. The highest BCUT2D eigenvalue weighted by molar-refractivity contribution is 5.96. The molecule has 1 unspecified atom stereocenters. The molecule has 0 saturated heterocycles. The Balaban J connectivity index is 1.88. The third kappa shape index (κ3) is 2.82. The summed E-state index contributed by atoms with van der Waals surface area (Å²) in [6, 6.07) is 10.4. The Morgan fingerprint density at radius 2 is 1.96 bits per heavy atom. The highest BCUT2D eigenvalue weighted by Gasteiger charge is 2.30. The minimum absolute atomic E-state index is 0.0365. The largest absolute Gasteiger partial charge is 0.465 e. The number of anilines is 1. The van der Waals surface area contributed by atoms with Gasteiger partial charge in [0.05, 0.1) is 12.7 Å². The smallest absolute Gasteiger partial charge is 0.339 e. The second kappa shape index (κ2) is 6.31. The van der Waals surface area contributed by atoms with Crippen LogP contribution < -0.4 is 10.5 Å². The van der Waals surface area contributed by atoms with Gasteiger partial charge in [0.2, 0.25) is 5.91 Å². The van der Waals surface area contributed by atoms with E-state index in [4.69, 9.17) is 0 Å². The van der Waals surface area contributed by atoms with Gasteiger partial charge in [-0.1, -0.05) is 18.2 Å². The van der Waals surface area contributed by atoms with Crippen LogP contribution in [0.1, 0.15) is 22.8 Å². The number of rotatable bonds is 3. The number of carbonyl (C=O) groups is 2. The van der Waals surface area contributed by atoms with E-state index in [0.717, 1.165) is 17.7 Å². The van der Waals surface area contributed by atoms with Crippen LogP contribution in [0.2, 0.25) is 0 Å². The van der Waals surface area contributed by atoms with E-state index in [9.17, 15) is 14.4 Å². The summed E-state index contributed by atoms with van der Waals surface area (Å²) in [7, 11) is 1.27. The summed E-state index contributed by atoms with van der Waals surface area (Å²) in [5.41, 5.74) is 1.90. The first-order valence-electron chi connectivity index (χ1n) is 7.70. The molecule has 24 heavy (non-hydrogen) atoms. The van der Waals surface area contributed by atoms with E-state index in [2.05, 4.69) is 4.74 Å². The maximum atomic E-state index is 12.7. The second-order valence-electron chi connectivity index (χ2n) is 5.82. The van der Waals surface area contributed by atoms with Gasteiger partial charge >= 0.3 is 5.97 Å². The molecule has 124 valence electrons. The van der Waals surface area contributed by atoms with Gasteiger partial charge in [-0.2, -0.15) is 0 Å². The van der Waals surface area contributed by atoms with Crippen LogP contribution in [0.4, 0.5) is 5.69 Å². The summed E-state index contributed by atoms with van der Waals surface area (Å²) in [5, 5.41) is 0. The summed E-state index contributed by atoms with van der Waals surface area (Å²) in [6.07, 6.45) is 2.15. The number of pyridine rings is 1. The van der Waals surface area contributed by atoms with Crippen LogP contribution in [0.15, 0.2) is 47.4 Å². The molecule has 0 bridgehead atoms. The lowest BCUT2D eigenvalue weighted by Crippen LogP contribution is -2.39. The number of amides is 1. The molecule has 1 aromatic heterocycles. The average Bonchev–Trinajstić information content (AvgIpc) is 2.91. The van der Waals surface area contributed by atoms with Crippen molar-refractivity contribution in [1.82, 2.24) is 4.57 Å². The van der Waals surface area contributed by atoms with Gasteiger partial charge in [-0.05, 0) is 31.0 Å². The summed E-state index contributed by atoms with van der Waals surface area (Å²) >= 11 is 0. The number of fused-ring (bicyclic) bond motifs is 1. The van der Waals surface area contributed by atoms with Gasteiger partial charge in [0.1, 0.15) is 6.54 Å². The summed E-state index contributed by atoms with van der Waals surface area (Å²) in [4.78, 5) is 38.1. The quantitative estimate of drug-likeness (QED) is 0.804. The van der Waals surface area contributed by atoms with Crippen LogP contribution in [-0.2, 0) is 22.5 Å². The highest BCUT2D eigenvalue weighted by Crippen LogP contribution is 2.31. The van der Waals surface area contributed by atoms with Crippen LogP contribution >= 0.6 is 0 Å². The van der Waals surface area contributed by atoms with Gasteiger partial charge in [0, 0.05) is 24.0 Å². The lowest BCUT2D eigenvalue weighted by Gasteiger charge is -2.23. The van der Waals surface area contributed by atoms with Crippen LogP contribution in [0.25, 0.3) is 0 Å². The van der Waals surface area contributed by atoms with Gasteiger partial charge in [0.15, 0.2) is 0 Å². The van der Waals surface area contributed by atoms with E-state index in [-0.39, 0.29) is 29.6 Å². The number of benzene rings is 1. The highest BCUT2D eigenvalue weighted by atomic mass is 16.5. The van der Waals surface area contributed by atoms with Gasteiger partial charge in [-0.3, -0.25) is 9.59 Å². The lowest BCUT2D eigenvalue weighted by molar-refractivity contribution is -0.119. The molecule has 0 radical (unpaired) electrons. The lowest BCUT2D eigenvalue weighted by atomic mass is 10.1. The molecule has 2 aromatic rings. The Bertz CT molecular complexity index is 856. The molecule has 1 aromatic carbocycles. The molecule has 0 fully saturated rings. The predicted octanol–water partition coefficient (Wildman–Crippen LogP) is 1.61. The fourth-order valence-corrected chi connectivity index (χ4v) is 3.06. The van der Waals surface area contributed by atoms with Crippen molar-refractivity contribution in [3.63, 3.8) is 0 Å². The fraction of sp³-hybridized carbons (Fsp3) is 0.278. The number of hydrogen-bond donors (Lipinski definition) is 0. The Morgan fingerprint density at radius 3 is 2.71 bits per heavy atom. The van der Waals surface area contributed by atoms with Crippen molar-refractivity contribution >= 4 is 17.6 Å². The average molecular weight is 326 g/mol.